The molecule has 0 aliphatic carbocycles. The number of anilines is 1. The van der Waals surface area contributed by atoms with Gasteiger partial charge in [0.15, 0.2) is 0 Å². The molecule has 1 aliphatic heterocycles. The highest BCUT2D eigenvalue weighted by atomic mass is 32.1. The Kier molecular flexibility index (Phi) is 4.52. The first-order chi connectivity index (χ1) is 9.43. The molecule has 0 amide bonds. The van der Waals surface area contributed by atoms with E-state index < -0.39 is 11.7 Å². The summed E-state index contributed by atoms with van der Waals surface area (Å²) in [5.74, 6) is 0. The van der Waals surface area contributed by atoms with E-state index in [1.54, 1.807) is 11.0 Å². The summed E-state index contributed by atoms with van der Waals surface area (Å²) in [6.45, 7) is 1.33. The first-order valence-corrected chi connectivity index (χ1v) is 7.01. The van der Waals surface area contributed by atoms with E-state index in [0.717, 1.165) is 25.3 Å². The number of nitrogens with two attached hydrogens (primary N) is 1. The Hall–Kier alpha value is -1.30. The van der Waals surface area contributed by atoms with E-state index in [4.69, 9.17) is 5.73 Å². The molecule has 0 saturated carbocycles. The Labute approximate surface area is 121 Å². The summed E-state index contributed by atoms with van der Waals surface area (Å²) in [5, 5.41) is 1.30. The zero-order chi connectivity index (χ0) is 14.8. The van der Waals surface area contributed by atoms with E-state index >= 15 is 0 Å². The Balaban J connectivity index is 2.45. The SMILES string of the molecule is N/C(=C\S)c1ccc(N2CCCCC2)c(C(F)(F)F)c1. The van der Waals surface area contributed by atoms with Crippen molar-refractivity contribution in [3.8, 4) is 0 Å². The smallest absolute Gasteiger partial charge is 0.398 e. The van der Waals surface area contributed by atoms with Crippen LogP contribution >= 0.6 is 12.6 Å². The summed E-state index contributed by atoms with van der Waals surface area (Å²) < 4.78 is 39.7. The molecule has 0 spiro atoms. The van der Waals surface area contributed by atoms with Gasteiger partial charge in [-0.15, -0.1) is 12.6 Å². The lowest BCUT2D eigenvalue weighted by Gasteiger charge is -2.31. The fourth-order valence-corrected chi connectivity index (χ4v) is 2.58. The van der Waals surface area contributed by atoms with Crippen LogP contribution in [0.3, 0.4) is 0 Å². The Morgan fingerprint density at radius 3 is 2.40 bits per heavy atom. The second-order valence-corrected chi connectivity index (χ2v) is 5.12. The van der Waals surface area contributed by atoms with E-state index in [9.17, 15) is 13.2 Å². The van der Waals surface area contributed by atoms with Crippen molar-refractivity contribution in [3.63, 3.8) is 0 Å². The van der Waals surface area contributed by atoms with Crippen molar-refractivity contribution < 1.29 is 13.2 Å². The summed E-state index contributed by atoms with van der Waals surface area (Å²) in [6.07, 6.45) is -1.46. The molecule has 20 heavy (non-hydrogen) atoms. The van der Waals surface area contributed by atoms with Crippen LogP contribution in [0.5, 0.6) is 0 Å². The molecule has 0 radical (unpaired) electrons. The standard InChI is InChI=1S/C14H17F3N2S/c15-14(16,17)11-8-10(12(18)9-20)4-5-13(11)19-6-2-1-3-7-19/h4-5,8-9,20H,1-3,6-7,18H2/b12-9-. The number of alkyl halides is 3. The van der Waals surface area contributed by atoms with Gasteiger partial charge in [0.25, 0.3) is 0 Å². The van der Waals surface area contributed by atoms with Crippen LogP contribution in [0.2, 0.25) is 0 Å². The highest BCUT2D eigenvalue weighted by Gasteiger charge is 2.35. The number of rotatable bonds is 2. The summed E-state index contributed by atoms with van der Waals surface area (Å²) in [5.41, 5.74) is 5.82. The topological polar surface area (TPSA) is 29.3 Å². The van der Waals surface area contributed by atoms with E-state index in [2.05, 4.69) is 12.6 Å². The zero-order valence-corrected chi connectivity index (χ0v) is 11.8. The molecule has 1 aromatic rings. The Bertz CT molecular complexity index is 506. The third-order valence-electron chi connectivity index (χ3n) is 3.47. The molecular weight excluding hydrogens is 285 g/mol. The third-order valence-corrected chi connectivity index (χ3v) is 3.75. The van der Waals surface area contributed by atoms with Gasteiger partial charge in [0.05, 0.1) is 5.56 Å². The molecular formula is C14H17F3N2S. The minimum Gasteiger partial charge on any atom is -0.398 e. The average molecular weight is 302 g/mol. The van der Waals surface area contributed by atoms with Gasteiger partial charge in [-0.25, -0.2) is 0 Å². The largest absolute Gasteiger partial charge is 0.418 e. The molecule has 1 aliphatic rings. The molecule has 2 N–H and O–H groups in total. The van der Waals surface area contributed by atoms with Gasteiger partial charge in [0, 0.05) is 24.5 Å². The molecule has 0 atom stereocenters. The fourth-order valence-electron chi connectivity index (χ4n) is 2.43. The minimum atomic E-state index is -4.39. The summed E-state index contributed by atoms with van der Waals surface area (Å²) >= 11 is 3.88. The van der Waals surface area contributed by atoms with Crippen molar-refractivity contribution in [2.75, 3.05) is 18.0 Å². The molecule has 2 rings (SSSR count). The zero-order valence-electron chi connectivity index (χ0n) is 11.0. The van der Waals surface area contributed by atoms with Crippen LogP contribution in [0, 0.1) is 0 Å². The lowest BCUT2D eigenvalue weighted by Crippen LogP contribution is -2.31. The van der Waals surface area contributed by atoms with Gasteiger partial charge in [-0.2, -0.15) is 13.2 Å². The molecule has 110 valence electrons. The van der Waals surface area contributed by atoms with E-state index in [-0.39, 0.29) is 11.4 Å². The summed E-state index contributed by atoms with van der Waals surface area (Å²) in [7, 11) is 0. The maximum Gasteiger partial charge on any atom is 0.418 e. The normalized spacial score (nSPS) is 17.4. The third kappa shape index (κ3) is 3.23. The van der Waals surface area contributed by atoms with E-state index in [1.807, 2.05) is 0 Å². The monoisotopic (exact) mass is 302 g/mol. The second kappa shape index (κ2) is 5.99. The lowest BCUT2D eigenvalue weighted by molar-refractivity contribution is -0.137. The quantitative estimate of drug-likeness (QED) is 0.812. The predicted octanol–water partition coefficient (Wildman–Crippen LogP) is 3.88. The molecule has 1 aromatic carbocycles. The van der Waals surface area contributed by atoms with Crippen LogP contribution in [0.25, 0.3) is 5.70 Å². The fraction of sp³-hybridized carbons (Fsp3) is 0.429. The van der Waals surface area contributed by atoms with Gasteiger partial charge in [-0.3, -0.25) is 0 Å². The van der Waals surface area contributed by atoms with Crippen molar-refractivity contribution in [2.24, 2.45) is 5.73 Å². The number of thiol groups is 1. The van der Waals surface area contributed by atoms with Gasteiger partial charge in [-0.05, 0) is 42.4 Å². The molecule has 1 saturated heterocycles. The Morgan fingerprint density at radius 1 is 1.20 bits per heavy atom. The van der Waals surface area contributed by atoms with Crippen LogP contribution in [0.1, 0.15) is 30.4 Å². The van der Waals surface area contributed by atoms with Crippen molar-refractivity contribution in [1.82, 2.24) is 0 Å². The number of hydrogen-bond donors (Lipinski definition) is 2. The Morgan fingerprint density at radius 2 is 1.85 bits per heavy atom. The minimum absolute atomic E-state index is 0.226. The maximum atomic E-state index is 13.2. The van der Waals surface area contributed by atoms with Crippen LogP contribution < -0.4 is 10.6 Å². The molecule has 0 unspecified atom stereocenters. The number of hydrogen-bond acceptors (Lipinski definition) is 3. The lowest BCUT2D eigenvalue weighted by atomic mass is 10.0. The van der Waals surface area contributed by atoms with Crippen LogP contribution in [-0.4, -0.2) is 13.1 Å². The summed E-state index contributed by atoms with van der Waals surface area (Å²) in [6, 6.07) is 4.22. The van der Waals surface area contributed by atoms with Crippen LogP contribution in [-0.2, 0) is 6.18 Å². The maximum absolute atomic E-state index is 13.2. The number of nitrogens with zero attached hydrogens (tertiary/aromatic N) is 1. The van der Waals surface area contributed by atoms with Crippen molar-refractivity contribution in [2.45, 2.75) is 25.4 Å². The predicted molar refractivity (Wildman–Crippen MR) is 78.7 cm³/mol. The summed E-state index contributed by atoms with van der Waals surface area (Å²) in [4.78, 5) is 1.80. The van der Waals surface area contributed by atoms with Crippen LogP contribution in [0.15, 0.2) is 23.6 Å². The van der Waals surface area contributed by atoms with Crippen molar-refractivity contribution in [1.29, 1.82) is 0 Å². The van der Waals surface area contributed by atoms with Gasteiger partial charge < -0.3 is 10.6 Å². The number of halogens is 3. The second-order valence-electron chi connectivity index (χ2n) is 4.86. The molecule has 0 aromatic heterocycles. The molecule has 1 fully saturated rings. The van der Waals surface area contributed by atoms with Crippen LogP contribution in [0.4, 0.5) is 18.9 Å². The van der Waals surface area contributed by atoms with Gasteiger partial charge in [0.1, 0.15) is 0 Å². The van der Waals surface area contributed by atoms with Gasteiger partial charge >= 0.3 is 6.18 Å². The highest BCUT2D eigenvalue weighted by molar-refractivity contribution is 7.83. The molecule has 0 bridgehead atoms. The van der Waals surface area contributed by atoms with Crippen molar-refractivity contribution >= 4 is 24.0 Å². The number of piperidine rings is 1. The molecule has 6 heteroatoms. The van der Waals surface area contributed by atoms with E-state index in [1.165, 1.54) is 11.5 Å². The van der Waals surface area contributed by atoms with Gasteiger partial charge in [-0.1, -0.05) is 6.07 Å². The average Bonchev–Trinajstić information content (AvgIpc) is 2.46. The van der Waals surface area contributed by atoms with Crippen molar-refractivity contribution in [3.05, 3.63) is 34.7 Å². The first-order valence-electron chi connectivity index (χ1n) is 6.50. The molecule has 1 heterocycles. The van der Waals surface area contributed by atoms with Gasteiger partial charge in [0.2, 0.25) is 0 Å². The molecule has 2 nitrogen and oxygen atoms in total. The first kappa shape index (κ1) is 15.1. The van der Waals surface area contributed by atoms with E-state index in [0.29, 0.717) is 18.7 Å². The highest BCUT2D eigenvalue weighted by Crippen LogP contribution is 2.38. The number of benzene rings is 1.